The average molecular weight is 486 g/mol. The van der Waals surface area contributed by atoms with Crippen LogP contribution in [-0.2, 0) is 4.79 Å². The Morgan fingerprint density at radius 2 is 1.76 bits per heavy atom. The summed E-state index contributed by atoms with van der Waals surface area (Å²) in [5.74, 6) is -0.582. The Labute approximate surface area is 206 Å². The van der Waals surface area contributed by atoms with Crippen LogP contribution in [0.25, 0.3) is 0 Å². The lowest BCUT2D eigenvalue weighted by Crippen LogP contribution is -2.34. The monoisotopic (exact) mass is 485 g/mol. The molecular weight excluding hydrogens is 454 g/mol. The number of aryl methyl sites for hydroxylation is 1. The Kier molecular flexibility index (Phi) is 9.20. The van der Waals surface area contributed by atoms with Crippen LogP contribution in [0.4, 0.5) is 0 Å². The standard InChI is InChI=1S/C25H31N5O3.ClH/c1-16-13-19(9-10-20(16)25(33)30-11-4-5-12-30)24(32)28-21(15-22(31)29(2)3)17-7-6-8-18(14-17)23(26)27;/h6-10,13-14,21H,4-5,11-12,15H2,1-3H3,(H3,26,27)(H,28,32);1H. The summed E-state index contributed by atoms with van der Waals surface area (Å²) in [6.45, 7) is 3.35. The number of amides is 3. The Morgan fingerprint density at radius 3 is 2.35 bits per heavy atom. The molecule has 2 aromatic rings. The Morgan fingerprint density at radius 1 is 1.09 bits per heavy atom. The van der Waals surface area contributed by atoms with Crippen molar-refractivity contribution in [3.05, 3.63) is 70.3 Å². The number of hydrogen-bond acceptors (Lipinski definition) is 4. The number of nitrogens with two attached hydrogens (primary N) is 1. The minimum Gasteiger partial charge on any atom is -0.384 e. The number of amidine groups is 1. The van der Waals surface area contributed by atoms with Crippen molar-refractivity contribution in [2.75, 3.05) is 27.2 Å². The maximum atomic E-state index is 13.1. The zero-order valence-electron chi connectivity index (χ0n) is 19.8. The number of rotatable bonds is 7. The van der Waals surface area contributed by atoms with E-state index in [1.54, 1.807) is 56.6 Å². The van der Waals surface area contributed by atoms with Gasteiger partial charge >= 0.3 is 0 Å². The lowest BCUT2D eigenvalue weighted by atomic mass is 9.99. The second-order valence-electron chi connectivity index (χ2n) is 8.59. The van der Waals surface area contributed by atoms with Crippen molar-refractivity contribution in [2.45, 2.75) is 32.2 Å². The summed E-state index contributed by atoms with van der Waals surface area (Å²) in [6.07, 6.45) is 2.09. The van der Waals surface area contributed by atoms with Gasteiger partial charge in [-0.15, -0.1) is 12.4 Å². The minimum atomic E-state index is -0.599. The van der Waals surface area contributed by atoms with Crippen LogP contribution >= 0.6 is 12.4 Å². The number of carbonyl (C=O) groups is 3. The lowest BCUT2D eigenvalue weighted by molar-refractivity contribution is -0.129. The molecule has 9 heteroatoms. The van der Waals surface area contributed by atoms with Gasteiger partial charge in [-0.2, -0.15) is 0 Å². The van der Waals surface area contributed by atoms with Crippen molar-refractivity contribution in [1.82, 2.24) is 15.1 Å². The van der Waals surface area contributed by atoms with Crippen LogP contribution < -0.4 is 11.1 Å². The van der Waals surface area contributed by atoms with E-state index in [9.17, 15) is 14.4 Å². The van der Waals surface area contributed by atoms with E-state index in [4.69, 9.17) is 11.1 Å². The molecule has 0 aliphatic carbocycles. The quantitative estimate of drug-likeness (QED) is 0.412. The van der Waals surface area contributed by atoms with Crippen LogP contribution in [0.3, 0.4) is 0 Å². The zero-order chi connectivity index (χ0) is 24.1. The van der Waals surface area contributed by atoms with Gasteiger partial charge in [0.2, 0.25) is 5.91 Å². The molecule has 8 nitrogen and oxygen atoms in total. The smallest absolute Gasteiger partial charge is 0.254 e. The molecule has 1 heterocycles. The van der Waals surface area contributed by atoms with Crippen molar-refractivity contribution in [3.63, 3.8) is 0 Å². The molecule has 0 aromatic heterocycles. The number of carbonyl (C=O) groups excluding carboxylic acids is 3. The number of nitrogen functional groups attached to an aromatic ring is 1. The number of likely N-dealkylation sites (tertiary alicyclic amines) is 1. The van der Waals surface area contributed by atoms with E-state index in [1.165, 1.54) is 4.90 Å². The molecule has 1 aliphatic rings. The number of halogens is 1. The highest BCUT2D eigenvalue weighted by Crippen LogP contribution is 2.22. The predicted molar refractivity (Wildman–Crippen MR) is 135 cm³/mol. The number of benzene rings is 2. The first kappa shape index (κ1) is 26.9. The van der Waals surface area contributed by atoms with Gasteiger partial charge in [0.1, 0.15) is 5.84 Å². The largest absolute Gasteiger partial charge is 0.384 e. The molecule has 1 fully saturated rings. The molecule has 1 atom stereocenters. The van der Waals surface area contributed by atoms with E-state index >= 15 is 0 Å². The van der Waals surface area contributed by atoms with Crippen molar-refractivity contribution >= 4 is 36.0 Å². The molecule has 0 bridgehead atoms. The van der Waals surface area contributed by atoms with Crippen molar-refractivity contribution in [1.29, 1.82) is 5.41 Å². The third-order valence-electron chi connectivity index (χ3n) is 5.90. The van der Waals surface area contributed by atoms with Gasteiger partial charge in [-0.1, -0.05) is 18.2 Å². The first-order valence-electron chi connectivity index (χ1n) is 11.0. The van der Waals surface area contributed by atoms with Crippen molar-refractivity contribution in [2.24, 2.45) is 5.73 Å². The van der Waals surface area contributed by atoms with E-state index in [0.717, 1.165) is 31.5 Å². The van der Waals surface area contributed by atoms with Gasteiger partial charge in [-0.3, -0.25) is 19.8 Å². The summed E-state index contributed by atoms with van der Waals surface area (Å²) in [5.41, 5.74) is 8.56. The fraction of sp³-hybridized carbons (Fsp3) is 0.360. The molecule has 3 amide bonds. The second kappa shape index (κ2) is 11.7. The summed E-state index contributed by atoms with van der Waals surface area (Å²) in [7, 11) is 3.32. The van der Waals surface area contributed by atoms with E-state index in [1.807, 2.05) is 11.8 Å². The molecule has 34 heavy (non-hydrogen) atoms. The molecule has 3 rings (SSSR count). The SMILES string of the molecule is Cc1cc(C(=O)NC(CC(=O)N(C)C)c2cccc(C(=N)N)c2)ccc1C(=O)N1CCCC1.Cl. The summed E-state index contributed by atoms with van der Waals surface area (Å²) in [4.78, 5) is 41.6. The molecule has 4 N–H and O–H groups in total. The van der Waals surface area contributed by atoms with Gasteiger partial charge in [0.25, 0.3) is 11.8 Å². The Balaban J connectivity index is 0.00000408. The van der Waals surface area contributed by atoms with E-state index in [0.29, 0.717) is 22.3 Å². The van der Waals surface area contributed by atoms with Gasteiger partial charge in [0, 0.05) is 43.9 Å². The van der Waals surface area contributed by atoms with Crippen LogP contribution in [0.1, 0.15) is 62.7 Å². The highest BCUT2D eigenvalue weighted by molar-refractivity contribution is 5.99. The predicted octanol–water partition coefficient (Wildman–Crippen LogP) is 2.89. The van der Waals surface area contributed by atoms with Gasteiger partial charge in [0.15, 0.2) is 0 Å². The van der Waals surface area contributed by atoms with E-state index in [-0.39, 0.29) is 42.4 Å². The second-order valence-corrected chi connectivity index (χ2v) is 8.59. The molecule has 1 saturated heterocycles. The molecule has 0 spiro atoms. The summed E-state index contributed by atoms with van der Waals surface area (Å²) < 4.78 is 0. The molecule has 1 unspecified atom stereocenters. The third-order valence-corrected chi connectivity index (χ3v) is 5.90. The summed E-state index contributed by atoms with van der Waals surface area (Å²) in [5, 5.41) is 10.6. The minimum absolute atomic E-state index is 0. The maximum absolute atomic E-state index is 13.1. The zero-order valence-corrected chi connectivity index (χ0v) is 20.6. The van der Waals surface area contributed by atoms with E-state index < -0.39 is 6.04 Å². The molecule has 0 saturated carbocycles. The molecular formula is C25H32ClN5O3. The number of nitrogens with one attached hydrogen (secondary N) is 2. The fourth-order valence-electron chi connectivity index (χ4n) is 3.91. The van der Waals surface area contributed by atoms with Crippen molar-refractivity contribution in [3.8, 4) is 0 Å². The van der Waals surface area contributed by atoms with Gasteiger partial charge in [-0.25, -0.2) is 0 Å². The van der Waals surface area contributed by atoms with Gasteiger partial charge in [0.05, 0.1) is 12.5 Å². The third kappa shape index (κ3) is 6.35. The number of nitrogens with zero attached hydrogens (tertiary/aromatic N) is 2. The first-order chi connectivity index (χ1) is 15.7. The fourth-order valence-corrected chi connectivity index (χ4v) is 3.91. The van der Waals surface area contributed by atoms with Crippen LogP contribution in [-0.4, -0.2) is 60.5 Å². The first-order valence-corrected chi connectivity index (χ1v) is 11.0. The van der Waals surface area contributed by atoms with Gasteiger partial charge < -0.3 is 20.9 Å². The van der Waals surface area contributed by atoms with Crippen molar-refractivity contribution < 1.29 is 14.4 Å². The highest BCUT2D eigenvalue weighted by atomic mass is 35.5. The maximum Gasteiger partial charge on any atom is 0.254 e. The summed E-state index contributed by atoms with van der Waals surface area (Å²) in [6, 6.07) is 11.4. The molecule has 2 aromatic carbocycles. The molecule has 1 aliphatic heterocycles. The Bertz CT molecular complexity index is 1080. The van der Waals surface area contributed by atoms with Crippen LogP contribution in [0.15, 0.2) is 42.5 Å². The lowest BCUT2D eigenvalue weighted by Gasteiger charge is -2.22. The van der Waals surface area contributed by atoms with E-state index in [2.05, 4.69) is 5.32 Å². The van der Waals surface area contributed by atoms with Crippen LogP contribution in [0.5, 0.6) is 0 Å². The molecule has 182 valence electrons. The normalized spacial score (nSPS) is 13.6. The summed E-state index contributed by atoms with van der Waals surface area (Å²) >= 11 is 0. The Hall–Kier alpha value is -3.39. The molecule has 0 radical (unpaired) electrons. The average Bonchev–Trinajstić information content (AvgIpc) is 3.33. The number of hydrogen-bond donors (Lipinski definition) is 3. The van der Waals surface area contributed by atoms with Gasteiger partial charge in [-0.05, 0) is 55.2 Å². The van der Waals surface area contributed by atoms with Crippen LogP contribution in [0, 0.1) is 12.3 Å². The topological polar surface area (TPSA) is 120 Å². The highest BCUT2D eigenvalue weighted by Gasteiger charge is 2.23. The van der Waals surface area contributed by atoms with Crippen LogP contribution in [0.2, 0.25) is 0 Å².